The van der Waals surface area contributed by atoms with Gasteiger partial charge in [-0.3, -0.25) is 19.3 Å². The van der Waals surface area contributed by atoms with Crippen molar-refractivity contribution < 1.29 is 23.7 Å². The number of benzene rings is 2. The van der Waals surface area contributed by atoms with Crippen molar-refractivity contribution in [2.45, 2.75) is 12.1 Å². The molecule has 2 saturated heterocycles. The molecule has 2 aromatic carbocycles. The van der Waals surface area contributed by atoms with Crippen molar-refractivity contribution in [3.05, 3.63) is 70.6 Å². The third kappa shape index (κ3) is 2.41. The molecule has 3 amide bonds. The molecular weight excluding hydrogens is 397 g/mol. The summed E-state index contributed by atoms with van der Waals surface area (Å²) in [6.07, 6.45) is 3.69. The van der Waals surface area contributed by atoms with Crippen molar-refractivity contribution in [1.82, 2.24) is 0 Å². The second-order valence-corrected chi connectivity index (χ2v) is 7.89. The molecule has 5 rings (SSSR count). The monoisotopic (exact) mass is 412 g/mol. The molecule has 29 heavy (non-hydrogen) atoms. The lowest BCUT2D eigenvalue weighted by atomic mass is 9.84. The summed E-state index contributed by atoms with van der Waals surface area (Å²) in [5.41, 5.74) is 7.69. The van der Waals surface area contributed by atoms with E-state index in [2.05, 4.69) is 0 Å². The fourth-order valence-corrected chi connectivity index (χ4v) is 5.13. The minimum absolute atomic E-state index is 0.185. The number of carbonyl (C=O) groups is 3. The number of imide groups is 1. The van der Waals surface area contributed by atoms with Gasteiger partial charge in [0.25, 0.3) is 5.91 Å². The van der Waals surface area contributed by atoms with E-state index >= 15 is 0 Å². The van der Waals surface area contributed by atoms with Gasteiger partial charge in [0, 0.05) is 5.56 Å². The molecule has 0 aliphatic carbocycles. The smallest absolute Gasteiger partial charge is 0.277 e. The van der Waals surface area contributed by atoms with Gasteiger partial charge in [0.2, 0.25) is 11.8 Å². The molecule has 0 saturated carbocycles. The number of primary amides is 1. The molecule has 0 bridgehead atoms. The Hall–Kier alpha value is -3.03. The van der Waals surface area contributed by atoms with Crippen LogP contribution in [0.15, 0.2) is 48.7 Å². The number of nitrogens with two attached hydrogens (primary N) is 1. The number of hydrogen-bond donors (Lipinski definition) is 2. The highest BCUT2D eigenvalue weighted by atomic mass is 35.5. The number of halogens is 2. The Labute approximate surface area is 170 Å². The Balaban J connectivity index is 1.65. The second kappa shape index (κ2) is 6.23. The van der Waals surface area contributed by atoms with Gasteiger partial charge in [0.15, 0.2) is 6.04 Å². The van der Waals surface area contributed by atoms with Gasteiger partial charge in [-0.2, -0.15) is 0 Å². The average Bonchev–Trinajstić information content (AvgIpc) is 3.17. The highest BCUT2D eigenvalue weighted by Gasteiger charge is 2.67. The zero-order chi connectivity index (χ0) is 20.4. The van der Waals surface area contributed by atoms with E-state index in [4.69, 9.17) is 17.3 Å². The molecule has 1 unspecified atom stereocenters. The van der Waals surface area contributed by atoms with Crippen molar-refractivity contribution in [3.8, 4) is 0 Å². The van der Waals surface area contributed by atoms with Crippen molar-refractivity contribution in [3.63, 3.8) is 0 Å². The molecule has 5 atom stereocenters. The van der Waals surface area contributed by atoms with Crippen LogP contribution in [0.25, 0.3) is 6.08 Å². The summed E-state index contributed by atoms with van der Waals surface area (Å²) in [6, 6.07) is 9.98. The maximum Gasteiger partial charge on any atom is 0.277 e. The Morgan fingerprint density at radius 3 is 2.55 bits per heavy atom. The van der Waals surface area contributed by atoms with Crippen LogP contribution in [0.1, 0.15) is 17.2 Å². The molecule has 0 spiro atoms. The predicted molar refractivity (Wildman–Crippen MR) is 103 cm³/mol. The number of carbonyl (C=O) groups excluding carboxylic acids is 3. The van der Waals surface area contributed by atoms with Gasteiger partial charge in [-0.1, -0.05) is 35.9 Å². The highest BCUT2D eigenvalue weighted by Crippen LogP contribution is 2.44. The molecule has 0 radical (unpaired) electrons. The number of amides is 3. The SMILES string of the molecule is NC(=O)[C@@H]1[C@@H]2C(=O)N(c3ccc(F)c(Cl)c3)C(=O)[C@@H]2[C@H]2c3ccccc3C=C[NH+]12. The topological polar surface area (TPSA) is 84.9 Å². The van der Waals surface area contributed by atoms with E-state index in [-0.39, 0.29) is 10.7 Å². The average molecular weight is 413 g/mol. The lowest BCUT2D eigenvalue weighted by molar-refractivity contribution is -0.884. The van der Waals surface area contributed by atoms with Gasteiger partial charge in [0.05, 0.1) is 16.9 Å². The zero-order valence-corrected chi connectivity index (χ0v) is 15.8. The quantitative estimate of drug-likeness (QED) is 0.723. The van der Waals surface area contributed by atoms with Gasteiger partial charge in [-0.05, 0) is 29.8 Å². The van der Waals surface area contributed by atoms with E-state index in [1.807, 2.05) is 30.3 Å². The molecule has 3 aliphatic heterocycles. The number of quaternary nitrogens is 1. The first kappa shape index (κ1) is 18.0. The van der Waals surface area contributed by atoms with Crippen molar-refractivity contribution in [2.24, 2.45) is 17.6 Å². The normalized spacial score (nSPS) is 29.6. The summed E-state index contributed by atoms with van der Waals surface area (Å²) in [5, 5.41) is -0.190. The van der Waals surface area contributed by atoms with Crippen LogP contribution < -0.4 is 15.5 Å². The zero-order valence-electron chi connectivity index (χ0n) is 15.0. The van der Waals surface area contributed by atoms with Gasteiger partial charge < -0.3 is 5.73 Å². The van der Waals surface area contributed by atoms with Crippen molar-refractivity contribution >= 4 is 41.1 Å². The van der Waals surface area contributed by atoms with E-state index in [0.29, 0.717) is 4.90 Å². The maximum atomic E-state index is 13.6. The number of fused-ring (bicyclic) bond motifs is 5. The molecule has 3 N–H and O–H groups in total. The van der Waals surface area contributed by atoms with Gasteiger partial charge >= 0.3 is 0 Å². The predicted octanol–water partition coefficient (Wildman–Crippen LogP) is 1.06. The highest BCUT2D eigenvalue weighted by molar-refractivity contribution is 6.31. The van der Waals surface area contributed by atoms with E-state index < -0.39 is 47.5 Å². The minimum atomic E-state index is -0.889. The van der Waals surface area contributed by atoms with E-state index in [1.165, 1.54) is 12.1 Å². The van der Waals surface area contributed by atoms with Gasteiger partial charge in [0.1, 0.15) is 23.7 Å². The number of anilines is 1. The summed E-state index contributed by atoms with van der Waals surface area (Å²) < 4.78 is 13.6. The van der Waals surface area contributed by atoms with Crippen molar-refractivity contribution in [2.75, 3.05) is 4.90 Å². The fraction of sp³-hybridized carbons (Fsp3) is 0.190. The maximum absolute atomic E-state index is 13.6. The summed E-state index contributed by atoms with van der Waals surface area (Å²) in [4.78, 5) is 40.7. The van der Waals surface area contributed by atoms with E-state index in [0.717, 1.165) is 22.1 Å². The fourth-order valence-electron chi connectivity index (χ4n) is 4.95. The number of hydrogen-bond acceptors (Lipinski definition) is 3. The number of rotatable bonds is 2. The molecule has 8 heteroatoms. The summed E-state index contributed by atoms with van der Waals surface area (Å²) in [6.45, 7) is 0. The molecule has 3 heterocycles. The van der Waals surface area contributed by atoms with Crippen LogP contribution >= 0.6 is 11.6 Å². The molecule has 2 aromatic rings. The Morgan fingerprint density at radius 2 is 1.83 bits per heavy atom. The second-order valence-electron chi connectivity index (χ2n) is 7.48. The van der Waals surface area contributed by atoms with Crippen LogP contribution in [0.5, 0.6) is 0 Å². The third-order valence-electron chi connectivity index (χ3n) is 6.09. The molecule has 3 aliphatic rings. The molecule has 6 nitrogen and oxygen atoms in total. The summed E-state index contributed by atoms with van der Waals surface area (Å²) in [7, 11) is 0. The largest absolute Gasteiger partial charge is 0.364 e. The molecule has 146 valence electrons. The van der Waals surface area contributed by atoms with Crippen LogP contribution in [0.3, 0.4) is 0 Å². The lowest BCUT2D eigenvalue weighted by Gasteiger charge is -2.30. The Morgan fingerprint density at radius 1 is 1.10 bits per heavy atom. The Bertz CT molecular complexity index is 1120. The molecule has 0 aromatic heterocycles. The first-order chi connectivity index (χ1) is 13.9. The summed E-state index contributed by atoms with van der Waals surface area (Å²) in [5.74, 6) is -3.86. The third-order valence-corrected chi connectivity index (χ3v) is 6.38. The van der Waals surface area contributed by atoms with Crippen LogP contribution in [-0.2, 0) is 14.4 Å². The van der Waals surface area contributed by atoms with Crippen LogP contribution in [0, 0.1) is 17.7 Å². The van der Waals surface area contributed by atoms with Gasteiger partial charge in [-0.15, -0.1) is 0 Å². The van der Waals surface area contributed by atoms with Crippen LogP contribution in [0.4, 0.5) is 10.1 Å². The van der Waals surface area contributed by atoms with Crippen LogP contribution in [0.2, 0.25) is 5.02 Å². The minimum Gasteiger partial charge on any atom is -0.364 e. The standard InChI is InChI=1S/C21H15ClFN3O3/c22-13-9-11(5-6-14(13)23)26-20(28)15-16(21(26)29)18(19(24)27)25-8-7-10-3-1-2-4-12(10)17(15)25/h1-9,15-18H,(H2,24,27)/p+1/t15-,16+,17+,18-/m0/s1. The van der Waals surface area contributed by atoms with E-state index in [1.54, 1.807) is 6.20 Å². The Kier molecular flexibility index (Phi) is 3.88. The lowest BCUT2D eigenvalue weighted by Crippen LogP contribution is -3.12. The first-order valence-electron chi connectivity index (χ1n) is 9.16. The van der Waals surface area contributed by atoms with Gasteiger partial charge in [-0.25, -0.2) is 9.29 Å². The first-order valence-corrected chi connectivity index (χ1v) is 9.54. The molecular formula is C21H16ClFN3O3+. The van der Waals surface area contributed by atoms with Crippen molar-refractivity contribution in [1.29, 1.82) is 0 Å². The summed E-state index contributed by atoms with van der Waals surface area (Å²) >= 11 is 5.85. The van der Waals surface area contributed by atoms with E-state index in [9.17, 15) is 18.8 Å². The van der Waals surface area contributed by atoms with Crippen LogP contribution in [-0.4, -0.2) is 23.8 Å². The number of nitrogens with zero attached hydrogens (tertiary/aromatic N) is 1. The molecule has 2 fully saturated rings. The number of nitrogens with one attached hydrogen (secondary N) is 1.